The molecule has 0 aliphatic rings. The summed E-state index contributed by atoms with van der Waals surface area (Å²) in [5.74, 6) is -0.829. The van der Waals surface area contributed by atoms with E-state index < -0.39 is 5.97 Å². The molecule has 1 N–H and O–H groups in total. The highest BCUT2D eigenvalue weighted by Gasteiger charge is 2.17. The molecule has 25 heavy (non-hydrogen) atoms. The number of esters is 1. The van der Waals surface area contributed by atoms with E-state index in [2.05, 4.69) is 10.1 Å². The molecule has 0 spiro atoms. The molecule has 0 saturated heterocycles. The highest BCUT2D eigenvalue weighted by Crippen LogP contribution is 2.22. The van der Waals surface area contributed by atoms with E-state index in [0.29, 0.717) is 16.0 Å². The van der Waals surface area contributed by atoms with Crippen LogP contribution in [0, 0.1) is 0 Å². The fourth-order valence-corrected chi connectivity index (χ4v) is 3.40. The van der Waals surface area contributed by atoms with Crippen molar-refractivity contribution >= 4 is 40.0 Å². The molecule has 3 rings (SSSR count). The Bertz CT molecular complexity index is 971. The number of carbonyl (C=O) groups is 3. The third-order valence-electron chi connectivity index (χ3n) is 3.79. The third-order valence-corrected chi connectivity index (χ3v) is 4.75. The minimum Gasteiger partial charge on any atom is -0.465 e. The Morgan fingerprint density at radius 1 is 1.24 bits per heavy atom. The summed E-state index contributed by atoms with van der Waals surface area (Å²) in [5.41, 5.74) is 1.95. The van der Waals surface area contributed by atoms with Crippen LogP contribution < -0.4 is 5.32 Å². The van der Waals surface area contributed by atoms with Crippen molar-refractivity contribution < 1.29 is 19.1 Å². The van der Waals surface area contributed by atoms with Crippen molar-refractivity contribution in [3.05, 3.63) is 57.9 Å². The van der Waals surface area contributed by atoms with E-state index in [1.54, 1.807) is 23.7 Å². The van der Waals surface area contributed by atoms with Crippen molar-refractivity contribution in [1.29, 1.82) is 0 Å². The van der Waals surface area contributed by atoms with Gasteiger partial charge in [0.15, 0.2) is 0 Å². The first-order valence-electron chi connectivity index (χ1n) is 7.56. The number of hydrogen-bond acceptors (Lipinski definition) is 5. The van der Waals surface area contributed by atoms with E-state index in [9.17, 15) is 14.4 Å². The van der Waals surface area contributed by atoms with Crippen molar-refractivity contribution in [3.8, 4) is 0 Å². The number of aromatic nitrogens is 1. The second kappa shape index (κ2) is 6.90. The van der Waals surface area contributed by atoms with Crippen LogP contribution in [0.25, 0.3) is 10.9 Å². The lowest BCUT2D eigenvalue weighted by molar-refractivity contribution is 0.0606. The number of ether oxygens (including phenoxy) is 1. The van der Waals surface area contributed by atoms with Crippen LogP contribution in [0.15, 0.2) is 41.9 Å². The van der Waals surface area contributed by atoms with Crippen LogP contribution in [0.3, 0.4) is 0 Å². The van der Waals surface area contributed by atoms with E-state index in [1.807, 2.05) is 18.2 Å². The fraction of sp³-hybridized carbons (Fsp3) is 0.167. The topological polar surface area (TPSA) is 77.4 Å². The number of nitrogens with one attached hydrogen (secondary N) is 1. The maximum atomic E-state index is 12.5. The van der Waals surface area contributed by atoms with Crippen molar-refractivity contribution in [2.45, 2.75) is 13.5 Å². The Hall–Kier alpha value is -2.93. The first-order valence-corrected chi connectivity index (χ1v) is 8.44. The fourth-order valence-electron chi connectivity index (χ4n) is 2.57. The molecule has 128 valence electrons. The van der Waals surface area contributed by atoms with Gasteiger partial charge in [-0.2, -0.15) is 0 Å². The monoisotopic (exact) mass is 356 g/mol. The smallest absolute Gasteiger partial charge is 0.348 e. The summed E-state index contributed by atoms with van der Waals surface area (Å²) in [6.45, 7) is 1.74. The molecule has 1 aromatic carbocycles. The normalized spacial score (nSPS) is 10.6. The number of para-hydroxylation sites is 1. The van der Waals surface area contributed by atoms with E-state index in [0.717, 1.165) is 10.9 Å². The van der Waals surface area contributed by atoms with Crippen LogP contribution in [0.2, 0.25) is 0 Å². The van der Waals surface area contributed by atoms with Crippen molar-refractivity contribution in [2.75, 3.05) is 7.11 Å². The average molecular weight is 356 g/mol. The molecular formula is C18H16N2O4S. The Balaban J connectivity index is 1.80. The number of amides is 1. The molecule has 2 aromatic heterocycles. The quantitative estimate of drug-likeness (QED) is 0.729. The van der Waals surface area contributed by atoms with Gasteiger partial charge in [-0.1, -0.05) is 18.2 Å². The lowest BCUT2D eigenvalue weighted by atomic mass is 10.1. The Labute approximate surface area is 148 Å². The molecule has 0 bridgehead atoms. The second-order valence-electron chi connectivity index (χ2n) is 5.44. The molecule has 0 saturated carbocycles. The van der Waals surface area contributed by atoms with Crippen molar-refractivity contribution in [2.24, 2.45) is 0 Å². The molecule has 1 amide bonds. The van der Waals surface area contributed by atoms with E-state index >= 15 is 0 Å². The molecule has 0 radical (unpaired) electrons. The largest absolute Gasteiger partial charge is 0.465 e. The summed E-state index contributed by atoms with van der Waals surface area (Å²) in [7, 11) is 1.33. The summed E-state index contributed by atoms with van der Waals surface area (Å²) in [6, 6.07) is 8.95. The van der Waals surface area contributed by atoms with E-state index in [-0.39, 0.29) is 18.4 Å². The summed E-state index contributed by atoms with van der Waals surface area (Å²) in [5, 5.41) is 5.34. The number of rotatable bonds is 4. The van der Waals surface area contributed by atoms with E-state index in [1.165, 1.54) is 29.9 Å². The first kappa shape index (κ1) is 16.9. The van der Waals surface area contributed by atoms with Crippen LogP contribution >= 0.6 is 11.3 Å². The number of thiophene rings is 1. The second-order valence-corrected chi connectivity index (χ2v) is 6.35. The van der Waals surface area contributed by atoms with Gasteiger partial charge in [-0.15, -0.1) is 11.3 Å². The SMILES string of the molecule is COC(=O)c1cc(CNC(=O)c2cn(C(C)=O)c3ccccc23)cs1. The summed E-state index contributed by atoms with van der Waals surface area (Å²) in [4.78, 5) is 36.3. The standard InChI is InChI=1S/C18H16N2O4S/c1-11(21)20-9-14(13-5-3-4-6-15(13)20)17(22)19-8-12-7-16(25-10-12)18(23)24-2/h3-7,9-10H,8H2,1-2H3,(H,19,22). The number of hydrogen-bond donors (Lipinski definition) is 1. The van der Waals surface area contributed by atoms with Gasteiger partial charge in [-0.25, -0.2) is 4.79 Å². The molecule has 0 aliphatic carbocycles. The maximum Gasteiger partial charge on any atom is 0.348 e. The van der Waals surface area contributed by atoms with Crippen LogP contribution in [0.4, 0.5) is 0 Å². The van der Waals surface area contributed by atoms with Gasteiger partial charge in [0.25, 0.3) is 5.91 Å². The number of methoxy groups -OCH3 is 1. The first-order chi connectivity index (χ1) is 12.0. The zero-order valence-electron chi connectivity index (χ0n) is 13.7. The van der Waals surface area contributed by atoms with Gasteiger partial charge < -0.3 is 10.1 Å². The zero-order chi connectivity index (χ0) is 18.0. The molecule has 0 fully saturated rings. The van der Waals surface area contributed by atoms with Crippen molar-refractivity contribution in [3.63, 3.8) is 0 Å². The van der Waals surface area contributed by atoms with Gasteiger partial charge in [0.1, 0.15) is 4.88 Å². The Morgan fingerprint density at radius 3 is 2.72 bits per heavy atom. The predicted molar refractivity (Wildman–Crippen MR) is 95.1 cm³/mol. The molecule has 2 heterocycles. The van der Waals surface area contributed by atoms with Crippen LogP contribution in [-0.4, -0.2) is 29.5 Å². The molecule has 0 unspecified atom stereocenters. The molecule has 6 nitrogen and oxygen atoms in total. The van der Waals surface area contributed by atoms with Gasteiger partial charge >= 0.3 is 5.97 Å². The van der Waals surface area contributed by atoms with Gasteiger partial charge in [-0.05, 0) is 23.1 Å². The summed E-state index contributed by atoms with van der Waals surface area (Å²) in [6.07, 6.45) is 1.55. The molecule has 0 atom stereocenters. The minimum atomic E-state index is -0.396. The number of carbonyl (C=O) groups excluding carboxylic acids is 3. The van der Waals surface area contributed by atoms with Crippen LogP contribution in [-0.2, 0) is 11.3 Å². The average Bonchev–Trinajstić information content (AvgIpc) is 3.24. The van der Waals surface area contributed by atoms with Gasteiger partial charge in [0.05, 0.1) is 18.2 Å². The van der Waals surface area contributed by atoms with Crippen LogP contribution in [0.5, 0.6) is 0 Å². The molecule has 3 aromatic rings. The van der Waals surface area contributed by atoms with E-state index in [4.69, 9.17) is 0 Å². The number of fused-ring (bicyclic) bond motifs is 1. The maximum absolute atomic E-state index is 12.5. The Morgan fingerprint density at radius 2 is 2.00 bits per heavy atom. The van der Waals surface area contributed by atoms with Gasteiger partial charge in [0, 0.05) is 25.1 Å². The lowest BCUT2D eigenvalue weighted by Crippen LogP contribution is -2.22. The van der Waals surface area contributed by atoms with Gasteiger partial charge in [0.2, 0.25) is 5.91 Å². The molecule has 7 heteroatoms. The predicted octanol–water partition coefficient (Wildman–Crippen LogP) is 3.08. The zero-order valence-corrected chi connectivity index (χ0v) is 14.6. The highest BCUT2D eigenvalue weighted by atomic mass is 32.1. The molecular weight excluding hydrogens is 340 g/mol. The lowest BCUT2D eigenvalue weighted by Gasteiger charge is -2.02. The minimum absolute atomic E-state index is 0.157. The number of nitrogens with zero attached hydrogens (tertiary/aromatic N) is 1. The molecule has 0 aliphatic heterocycles. The summed E-state index contributed by atoms with van der Waals surface area (Å²) >= 11 is 1.27. The van der Waals surface area contributed by atoms with Crippen molar-refractivity contribution in [1.82, 2.24) is 9.88 Å². The third kappa shape index (κ3) is 3.32. The summed E-state index contributed by atoms with van der Waals surface area (Å²) < 4.78 is 6.13. The van der Waals surface area contributed by atoms with Crippen LogP contribution in [0.1, 0.15) is 37.3 Å². The van der Waals surface area contributed by atoms with Gasteiger partial charge in [-0.3, -0.25) is 14.2 Å². The highest BCUT2D eigenvalue weighted by molar-refractivity contribution is 7.12. The Kier molecular flexibility index (Phi) is 4.67. The number of benzene rings is 1.